The Morgan fingerprint density at radius 2 is 1.60 bits per heavy atom. The molecule has 0 amide bonds. The van der Waals surface area contributed by atoms with Gasteiger partial charge in [-0.05, 0) is 41.8 Å². The largest absolute Gasteiger partial charge is 0.394 e. The first-order valence-electron chi connectivity index (χ1n) is 9.57. The number of hydrogen-bond donors (Lipinski definition) is 5. The number of imidazole rings is 1. The van der Waals surface area contributed by atoms with Gasteiger partial charge >= 0.3 is 0 Å². The van der Waals surface area contributed by atoms with Gasteiger partial charge in [0.15, 0.2) is 0 Å². The van der Waals surface area contributed by atoms with E-state index in [1.54, 1.807) is 11.8 Å². The fourth-order valence-corrected chi connectivity index (χ4v) is 3.78. The van der Waals surface area contributed by atoms with E-state index in [9.17, 15) is 15.3 Å². The van der Waals surface area contributed by atoms with E-state index in [-0.39, 0.29) is 32.0 Å². The van der Waals surface area contributed by atoms with E-state index in [4.69, 9.17) is 5.73 Å². The van der Waals surface area contributed by atoms with Gasteiger partial charge in [0.05, 0.1) is 36.7 Å². The molecule has 3 rings (SSSR count). The standard InChI is InChI=1S/C22H27N3O3S.ClH/c1-2-21-24-12-19(25-21)15-3-7-17(8-4-15)29-18-9-5-16(6-10-18)20(28)11-22(23,13-26)14-27;/h3-10,12,20,26-28H,2,11,13-14,23H2,1H3,(H,24,25);1H. The normalized spacial score (nSPS) is 12.4. The molecule has 0 aliphatic heterocycles. The molecule has 30 heavy (non-hydrogen) atoms. The maximum absolute atomic E-state index is 10.3. The fourth-order valence-electron chi connectivity index (χ4n) is 2.97. The maximum atomic E-state index is 10.3. The highest BCUT2D eigenvalue weighted by Crippen LogP contribution is 2.31. The molecule has 0 aliphatic rings. The summed E-state index contributed by atoms with van der Waals surface area (Å²) < 4.78 is 0. The topological polar surface area (TPSA) is 115 Å². The van der Waals surface area contributed by atoms with E-state index in [1.165, 1.54) is 0 Å². The molecule has 2 aromatic carbocycles. The summed E-state index contributed by atoms with van der Waals surface area (Å²) in [5.74, 6) is 0.977. The number of aliphatic hydroxyl groups is 3. The zero-order valence-electron chi connectivity index (χ0n) is 16.8. The Morgan fingerprint density at radius 1 is 1.03 bits per heavy atom. The third kappa shape index (κ3) is 6.07. The number of nitrogens with two attached hydrogens (primary N) is 1. The van der Waals surface area contributed by atoms with Crippen LogP contribution in [0.3, 0.4) is 0 Å². The van der Waals surface area contributed by atoms with Crippen molar-refractivity contribution in [3.05, 3.63) is 66.1 Å². The zero-order chi connectivity index (χ0) is 20.9. The highest BCUT2D eigenvalue weighted by Gasteiger charge is 2.27. The number of aromatic amines is 1. The molecule has 6 nitrogen and oxygen atoms in total. The lowest BCUT2D eigenvalue weighted by Crippen LogP contribution is -2.48. The fraction of sp³-hybridized carbons (Fsp3) is 0.318. The number of aliphatic hydroxyl groups excluding tert-OH is 3. The second kappa shape index (κ2) is 10.9. The minimum atomic E-state index is -1.19. The van der Waals surface area contributed by atoms with Crippen molar-refractivity contribution in [2.24, 2.45) is 5.73 Å². The summed E-state index contributed by atoms with van der Waals surface area (Å²) in [5, 5.41) is 28.9. The van der Waals surface area contributed by atoms with E-state index in [2.05, 4.69) is 41.2 Å². The molecule has 1 heterocycles. The van der Waals surface area contributed by atoms with Gasteiger partial charge in [0.2, 0.25) is 0 Å². The van der Waals surface area contributed by atoms with Gasteiger partial charge < -0.3 is 26.0 Å². The number of H-pyrrole nitrogens is 1. The van der Waals surface area contributed by atoms with Crippen LogP contribution in [-0.4, -0.2) is 44.0 Å². The molecule has 3 aromatic rings. The first kappa shape index (κ1) is 24.4. The maximum Gasteiger partial charge on any atom is 0.106 e. The Bertz CT molecular complexity index is 912. The summed E-state index contributed by atoms with van der Waals surface area (Å²) >= 11 is 1.63. The van der Waals surface area contributed by atoms with Gasteiger partial charge in [-0.3, -0.25) is 0 Å². The number of nitrogens with zero attached hydrogens (tertiary/aromatic N) is 1. The Balaban J connectivity index is 0.00000320. The number of aryl methyl sites for hydroxylation is 1. The summed E-state index contributed by atoms with van der Waals surface area (Å²) in [6, 6.07) is 15.8. The Hall–Kier alpha value is -1.87. The number of rotatable bonds is 9. The van der Waals surface area contributed by atoms with Gasteiger partial charge in [0.1, 0.15) is 5.82 Å². The minimum Gasteiger partial charge on any atom is -0.394 e. The van der Waals surface area contributed by atoms with Crippen LogP contribution in [0.5, 0.6) is 0 Å². The highest BCUT2D eigenvalue weighted by molar-refractivity contribution is 7.99. The van der Waals surface area contributed by atoms with Crippen molar-refractivity contribution in [3.8, 4) is 11.3 Å². The molecular weight excluding hydrogens is 422 g/mol. The van der Waals surface area contributed by atoms with Crippen molar-refractivity contribution in [2.45, 2.75) is 41.2 Å². The molecular formula is C22H28ClN3O3S. The Kier molecular flexibility index (Phi) is 8.91. The number of benzene rings is 2. The molecule has 0 radical (unpaired) electrons. The highest BCUT2D eigenvalue weighted by atomic mass is 35.5. The van der Waals surface area contributed by atoms with Gasteiger partial charge in [-0.25, -0.2) is 4.98 Å². The molecule has 0 bridgehead atoms. The van der Waals surface area contributed by atoms with Crippen LogP contribution in [-0.2, 0) is 6.42 Å². The van der Waals surface area contributed by atoms with Gasteiger partial charge in [-0.15, -0.1) is 12.4 Å². The van der Waals surface area contributed by atoms with Crippen LogP contribution in [0.15, 0.2) is 64.5 Å². The molecule has 0 saturated heterocycles. The first-order valence-corrected chi connectivity index (χ1v) is 10.4. The van der Waals surface area contributed by atoms with Crippen molar-refractivity contribution in [1.82, 2.24) is 9.97 Å². The number of halogens is 1. The lowest BCUT2D eigenvalue weighted by Gasteiger charge is -2.27. The summed E-state index contributed by atoms with van der Waals surface area (Å²) in [4.78, 5) is 9.81. The van der Waals surface area contributed by atoms with E-state index < -0.39 is 11.6 Å². The first-order chi connectivity index (χ1) is 14.0. The van der Waals surface area contributed by atoms with Crippen LogP contribution < -0.4 is 5.73 Å². The van der Waals surface area contributed by atoms with Crippen LogP contribution in [0.1, 0.15) is 30.8 Å². The monoisotopic (exact) mass is 449 g/mol. The van der Waals surface area contributed by atoms with Crippen molar-refractivity contribution in [3.63, 3.8) is 0 Å². The predicted octanol–water partition coefficient (Wildman–Crippen LogP) is 3.32. The minimum absolute atomic E-state index is 0. The second-order valence-electron chi connectivity index (χ2n) is 7.19. The molecule has 8 heteroatoms. The smallest absolute Gasteiger partial charge is 0.106 e. The lowest BCUT2D eigenvalue weighted by atomic mass is 9.92. The molecule has 0 saturated carbocycles. The summed E-state index contributed by atoms with van der Waals surface area (Å²) in [7, 11) is 0. The lowest BCUT2D eigenvalue weighted by molar-refractivity contribution is 0.0618. The average molecular weight is 450 g/mol. The average Bonchev–Trinajstić information content (AvgIpc) is 3.24. The van der Waals surface area contributed by atoms with E-state index in [0.29, 0.717) is 5.56 Å². The van der Waals surface area contributed by atoms with Crippen molar-refractivity contribution in [2.75, 3.05) is 13.2 Å². The third-order valence-corrected chi connectivity index (χ3v) is 5.87. The quantitative estimate of drug-likeness (QED) is 0.342. The molecule has 1 aromatic heterocycles. The Morgan fingerprint density at radius 3 is 2.10 bits per heavy atom. The van der Waals surface area contributed by atoms with Gasteiger partial charge in [0, 0.05) is 16.2 Å². The SMILES string of the molecule is CCc1ncc(-c2ccc(Sc3ccc(C(O)CC(N)(CO)CO)cc3)cc2)[nH]1.Cl. The second-order valence-corrected chi connectivity index (χ2v) is 8.34. The molecule has 0 spiro atoms. The number of hydrogen-bond acceptors (Lipinski definition) is 6. The van der Waals surface area contributed by atoms with Crippen LogP contribution in [0.25, 0.3) is 11.3 Å². The predicted molar refractivity (Wildman–Crippen MR) is 122 cm³/mol. The van der Waals surface area contributed by atoms with Crippen LogP contribution in [0, 0.1) is 0 Å². The molecule has 162 valence electrons. The molecule has 0 aliphatic carbocycles. The van der Waals surface area contributed by atoms with E-state index in [0.717, 1.165) is 33.3 Å². The van der Waals surface area contributed by atoms with E-state index >= 15 is 0 Å². The summed E-state index contributed by atoms with van der Waals surface area (Å²) in [5.41, 5.74) is 7.48. The third-order valence-electron chi connectivity index (χ3n) is 4.86. The zero-order valence-corrected chi connectivity index (χ0v) is 18.4. The molecule has 6 N–H and O–H groups in total. The molecule has 0 fully saturated rings. The van der Waals surface area contributed by atoms with Crippen molar-refractivity contribution in [1.29, 1.82) is 0 Å². The molecule has 1 unspecified atom stereocenters. The van der Waals surface area contributed by atoms with Crippen LogP contribution in [0.2, 0.25) is 0 Å². The summed E-state index contributed by atoms with van der Waals surface area (Å²) in [6.07, 6.45) is 1.97. The van der Waals surface area contributed by atoms with Crippen LogP contribution in [0.4, 0.5) is 0 Å². The van der Waals surface area contributed by atoms with Crippen molar-refractivity contribution >= 4 is 24.2 Å². The van der Waals surface area contributed by atoms with Gasteiger partial charge in [0.25, 0.3) is 0 Å². The Labute approximate surface area is 187 Å². The summed E-state index contributed by atoms with van der Waals surface area (Å²) in [6.45, 7) is 1.30. The molecule has 1 atom stereocenters. The van der Waals surface area contributed by atoms with E-state index in [1.807, 2.05) is 30.5 Å². The van der Waals surface area contributed by atoms with Gasteiger partial charge in [-0.2, -0.15) is 0 Å². The number of aromatic nitrogens is 2. The number of nitrogens with one attached hydrogen (secondary N) is 1. The van der Waals surface area contributed by atoms with Gasteiger partial charge in [-0.1, -0.05) is 43.0 Å². The van der Waals surface area contributed by atoms with Crippen LogP contribution >= 0.6 is 24.2 Å². The van der Waals surface area contributed by atoms with Crippen molar-refractivity contribution < 1.29 is 15.3 Å².